The van der Waals surface area contributed by atoms with Crippen LogP contribution >= 0.6 is 0 Å². The van der Waals surface area contributed by atoms with E-state index in [4.69, 9.17) is 0 Å². The van der Waals surface area contributed by atoms with Crippen molar-refractivity contribution in [2.75, 3.05) is 13.1 Å². The maximum atomic E-state index is 12.5. The quantitative estimate of drug-likeness (QED) is 0.642. The zero-order chi connectivity index (χ0) is 20.8. The highest BCUT2D eigenvalue weighted by Gasteiger charge is 2.41. The number of sulfonamides is 2. The second-order valence-corrected chi connectivity index (χ2v) is 10.5. The van der Waals surface area contributed by atoms with Crippen LogP contribution in [0.2, 0.25) is 0 Å². The predicted molar refractivity (Wildman–Crippen MR) is 103 cm³/mol. The molecule has 0 atom stereocenters. The minimum absolute atomic E-state index is 0.0107. The average molecular weight is 434 g/mol. The van der Waals surface area contributed by atoms with E-state index in [1.54, 1.807) is 24.3 Å². The lowest BCUT2D eigenvalue weighted by Crippen LogP contribution is -2.32. The van der Waals surface area contributed by atoms with Crippen LogP contribution in [0, 0.1) is 0 Å². The molecule has 29 heavy (non-hydrogen) atoms. The Morgan fingerprint density at radius 2 is 0.966 bits per heavy atom. The fraction of sp³-hybridized carbons (Fsp3) is 0.263. The van der Waals surface area contributed by atoms with Crippen LogP contribution in [0.5, 0.6) is 0 Å². The normalized spacial score (nSPS) is 18.8. The zero-order valence-corrected chi connectivity index (χ0v) is 16.9. The number of rotatable bonds is 6. The number of carbonyl (C=O) groups excluding carboxylic acids is 2. The number of hydrogen-bond donors (Lipinski definition) is 0. The van der Waals surface area contributed by atoms with Crippen molar-refractivity contribution in [1.82, 2.24) is 8.61 Å². The van der Waals surface area contributed by atoms with Gasteiger partial charge in [0.05, 0.1) is 11.1 Å². The molecule has 0 bridgehead atoms. The van der Waals surface area contributed by atoms with Crippen molar-refractivity contribution in [2.45, 2.75) is 29.1 Å². The standard InChI is InChI=1S/C19H18N2O6S2/c22-18-14-8-2-4-10-16(14)28(24,25)20(18)12-6-1-7-13-21-19(23)15-9-3-5-11-17(15)29(21,26)27/h2-5,8-11H,1,6-7,12-13H2. The van der Waals surface area contributed by atoms with Gasteiger partial charge in [-0.2, -0.15) is 0 Å². The first kappa shape index (κ1) is 19.6. The third-order valence-electron chi connectivity index (χ3n) is 5.05. The van der Waals surface area contributed by atoms with Gasteiger partial charge < -0.3 is 0 Å². The van der Waals surface area contributed by atoms with Crippen molar-refractivity contribution >= 4 is 31.9 Å². The second kappa shape index (κ2) is 6.96. The van der Waals surface area contributed by atoms with Crippen molar-refractivity contribution in [3.63, 3.8) is 0 Å². The number of carbonyl (C=O) groups is 2. The van der Waals surface area contributed by atoms with Crippen LogP contribution in [0.3, 0.4) is 0 Å². The van der Waals surface area contributed by atoms with Gasteiger partial charge in [-0.05, 0) is 43.5 Å². The number of hydrogen-bond acceptors (Lipinski definition) is 6. The van der Waals surface area contributed by atoms with Gasteiger partial charge in [0, 0.05) is 13.1 Å². The smallest absolute Gasteiger partial charge is 0.268 e. The number of fused-ring (bicyclic) bond motifs is 2. The first-order valence-corrected chi connectivity index (χ1v) is 12.0. The minimum Gasteiger partial charge on any atom is -0.268 e. The van der Waals surface area contributed by atoms with E-state index in [0.29, 0.717) is 19.3 Å². The molecule has 0 N–H and O–H groups in total. The predicted octanol–water partition coefficient (Wildman–Crippen LogP) is 1.85. The van der Waals surface area contributed by atoms with Crippen molar-refractivity contribution in [3.8, 4) is 0 Å². The van der Waals surface area contributed by atoms with Crippen molar-refractivity contribution < 1.29 is 26.4 Å². The maximum absolute atomic E-state index is 12.5. The third kappa shape index (κ3) is 3.03. The molecule has 0 aliphatic carbocycles. The summed E-state index contributed by atoms with van der Waals surface area (Å²) in [7, 11) is -7.68. The molecule has 0 unspecified atom stereocenters. The van der Waals surface area contributed by atoms with E-state index < -0.39 is 31.9 Å². The fourth-order valence-corrected chi connectivity index (χ4v) is 6.81. The van der Waals surface area contributed by atoms with Crippen molar-refractivity contribution in [2.24, 2.45) is 0 Å². The van der Waals surface area contributed by atoms with Gasteiger partial charge >= 0.3 is 0 Å². The van der Waals surface area contributed by atoms with E-state index in [9.17, 15) is 26.4 Å². The van der Waals surface area contributed by atoms with Gasteiger partial charge in [0.25, 0.3) is 31.9 Å². The van der Waals surface area contributed by atoms with Crippen LogP contribution in [-0.4, -0.2) is 50.3 Å². The molecule has 0 aromatic heterocycles. The van der Waals surface area contributed by atoms with Crippen LogP contribution in [-0.2, 0) is 20.0 Å². The molecule has 2 aromatic carbocycles. The van der Waals surface area contributed by atoms with Crippen LogP contribution in [0.1, 0.15) is 40.0 Å². The summed E-state index contributed by atoms with van der Waals surface area (Å²) < 4.78 is 51.7. The van der Waals surface area contributed by atoms with Crippen molar-refractivity contribution in [3.05, 3.63) is 59.7 Å². The molecule has 4 rings (SSSR count). The van der Waals surface area contributed by atoms with Crippen LogP contribution in [0.4, 0.5) is 0 Å². The Bertz CT molecular complexity index is 1130. The highest BCUT2D eigenvalue weighted by Crippen LogP contribution is 2.31. The molecule has 8 nitrogen and oxygen atoms in total. The zero-order valence-electron chi connectivity index (χ0n) is 15.3. The molecule has 2 aliphatic rings. The molecule has 152 valence electrons. The van der Waals surface area contributed by atoms with Crippen LogP contribution in [0.15, 0.2) is 58.3 Å². The Morgan fingerprint density at radius 3 is 1.34 bits per heavy atom. The molecular weight excluding hydrogens is 416 g/mol. The summed E-state index contributed by atoms with van der Waals surface area (Å²) in [4.78, 5) is 24.7. The number of nitrogens with zero attached hydrogens (tertiary/aromatic N) is 2. The summed E-state index contributed by atoms with van der Waals surface area (Å²) in [6.07, 6.45) is 1.20. The van der Waals surface area contributed by atoms with E-state index in [1.165, 1.54) is 24.3 Å². The summed E-state index contributed by atoms with van der Waals surface area (Å²) in [6.45, 7) is 0.0214. The third-order valence-corrected chi connectivity index (χ3v) is 8.73. The molecule has 2 heterocycles. The van der Waals surface area contributed by atoms with E-state index in [0.717, 1.165) is 8.61 Å². The Hall–Kier alpha value is -2.72. The summed E-state index contributed by atoms with van der Waals surface area (Å²) >= 11 is 0. The monoisotopic (exact) mass is 434 g/mol. The second-order valence-electron chi connectivity index (χ2n) is 6.82. The first-order valence-electron chi connectivity index (χ1n) is 9.08. The average Bonchev–Trinajstić information content (AvgIpc) is 3.02. The highest BCUT2D eigenvalue weighted by atomic mass is 32.2. The lowest BCUT2D eigenvalue weighted by molar-refractivity contribution is 0.0866. The van der Waals surface area contributed by atoms with Gasteiger partial charge in [0.2, 0.25) is 0 Å². The molecule has 0 saturated heterocycles. The fourth-order valence-electron chi connectivity index (χ4n) is 3.59. The Balaban J connectivity index is 1.35. The largest absolute Gasteiger partial charge is 0.269 e. The van der Waals surface area contributed by atoms with Gasteiger partial charge in [-0.25, -0.2) is 25.4 Å². The van der Waals surface area contributed by atoms with Crippen LogP contribution < -0.4 is 0 Å². The Morgan fingerprint density at radius 1 is 0.586 bits per heavy atom. The van der Waals surface area contributed by atoms with Gasteiger partial charge in [-0.3, -0.25) is 9.59 Å². The van der Waals surface area contributed by atoms with Crippen molar-refractivity contribution in [1.29, 1.82) is 0 Å². The highest BCUT2D eigenvalue weighted by molar-refractivity contribution is 7.90. The number of amides is 2. The minimum atomic E-state index is -3.84. The maximum Gasteiger partial charge on any atom is 0.269 e. The summed E-state index contributed by atoms with van der Waals surface area (Å²) in [5, 5.41) is 0. The number of benzene rings is 2. The van der Waals surface area contributed by atoms with Crippen LogP contribution in [0.25, 0.3) is 0 Å². The Kier molecular flexibility index (Phi) is 4.70. The molecule has 10 heteroatoms. The summed E-state index contributed by atoms with van der Waals surface area (Å²) in [6, 6.07) is 12.1. The van der Waals surface area contributed by atoms with E-state index in [-0.39, 0.29) is 34.0 Å². The lowest BCUT2D eigenvalue weighted by Gasteiger charge is -2.16. The SMILES string of the molecule is O=C1c2ccccc2S(=O)(=O)N1CCCCCN1C(=O)c2ccccc2S1(=O)=O. The molecule has 2 aliphatic heterocycles. The summed E-state index contributed by atoms with van der Waals surface area (Å²) in [5.74, 6) is -1.10. The number of unbranched alkanes of at least 4 members (excludes halogenated alkanes) is 2. The van der Waals surface area contributed by atoms with E-state index >= 15 is 0 Å². The summed E-state index contributed by atoms with van der Waals surface area (Å²) in [5.41, 5.74) is 0.332. The molecule has 0 radical (unpaired) electrons. The molecule has 0 spiro atoms. The topological polar surface area (TPSA) is 109 Å². The molecular formula is C19H18N2O6S2. The first-order chi connectivity index (χ1) is 13.8. The van der Waals surface area contributed by atoms with Gasteiger partial charge in [-0.15, -0.1) is 0 Å². The molecule has 2 aromatic rings. The Labute approximate surface area is 168 Å². The van der Waals surface area contributed by atoms with E-state index in [1.807, 2.05) is 0 Å². The molecule has 0 saturated carbocycles. The van der Waals surface area contributed by atoms with Gasteiger partial charge in [0.1, 0.15) is 9.79 Å². The molecule has 2 amide bonds. The lowest BCUT2D eigenvalue weighted by atomic mass is 10.2. The van der Waals surface area contributed by atoms with Gasteiger partial charge in [0.15, 0.2) is 0 Å². The molecule has 0 fully saturated rings. The van der Waals surface area contributed by atoms with E-state index in [2.05, 4.69) is 0 Å². The van der Waals surface area contributed by atoms with Gasteiger partial charge in [-0.1, -0.05) is 24.3 Å².